The van der Waals surface area contributed by atoms with E-state index in [1.165, 1.54) is 16.5 Å². The summed E-state index contributed by atoms with van der Waals surface area (Å²) in [5.74, 6) is 1.07. The van der Waals surface area contributed by atoms with Gasteiger partial charge in [0.15, 0.2) is 0 Å². The average molecular weight is 256 g/mol. The van der Waals surface area contributed by atoms with E-state index in [9.17, 15) is 0 Å². The van der Waals surface area contributed by atoms with Crippen LogP contribution in [0.3, 0.4) is 0 Å². The Hall–Kier alpha value is -1.57. The number of nitrogens with zero attached hydrogens (tertiary/aromatic N) is 1. The Labute approximate surface area is 116 Å². The maximum Gasteiger partial charge on any atom is 0.129 e. The molecule has 0 spiro atoms. The van der Waals surface area contributed by atoms with Crippen LogP contribution in [0.5, 0.6) is 0 Å². The molecule has 1 aromatic heterocycles. The highest BCUT2D eigenvalue weighted by Gasteiger charge is 2.06. The van der Waals surface area contributed by atoms with Crippen molar-refractivity contribution in [2.24, 2.45) is 0 Å². The zero-order valence-corrected chi connectivity index (χ0v) is 12.3. The first-order chi connectivity index (χ1) is 9.28. The molecule has 19 heavy (non-hydrogen) atoms. The molecule has 102 valence electrons. The van der Waals surface area contributed by atoms with Gasteiger partial charge < -0.3 is 5.32 Å². The summed E-state index contributed by atoms with van der Waals surface area (Å²) in [7, 11) is 0. The van der Waals surface area contributed by atoms with Gasteiger partial charge in [-0.05, 0) is 48.6 Å². The summed E-state index contributed by atoms with van der Waals surface area (Å²) in [4.78, 5) is 4.80. The van der Waals surface area contributed by atoms with Gasteiger partial charge in [0.1, 0.15) is 5.82 Å². The molecule has 0 amide bonds. The molecule has 1 N–H and O–H groups in total. The number of rotatable bonds is 6. The number of hydrogen-bond acceptors (Lipinski definition) is 2. The molecular formula is C17H24N2. The van der Waals surface area contributed by atoms with Crippen LogP contribution >= 0.6 is 0 Å². The van der Waals surface area contributed by atoms with Gasteiger partial charge in [-0.1, -0.05) is 33.3 Å². The number of anilines is 1. The van der Waals surface area contributed by atoms with Gasteiger partial charge in [0.05, 0.1) is 5.52 Å². The molecule has 2 aromatic rings. The van der Waals surface area contributed by atoms with Crippen LogP contribution in [0.2, 0.25) is 0 Å². The van der Waals surface area contributed by atoms with E-state index in [1.807, 2.05) is 0 Å². The second-order valence-electron chi connectivity index (χ2n) is 5.05. The Bertz CT molecular complexity index is 546. The van der Waals surface area contributed by atoms with E-state index in [-0.39, 0.29) is 0 Å². The van der Waals surface area contributed by atoms with Crippen molar-refractivity contribution in [1.82, 2.24) is 4.98 Å². The van der Waals surface area contributed by atoms with E-state index in [2.05, 4.69) is 50.4 Å². The minimum absolute atomic E-state index is 0.988. The summed E-state index contributed by atoms with van der Waals surface area (Å²) in [5.41, 5.74) is 3.82. The van der Waals surface area contributed by atoms with E-state index in [0.717, 1.165) is 43.6 Å². The predicted octanol–water partition coefficient (Wildman–Crippen LogP) is 4.57. The van der Waals surface area contributed by atoms with Crippen LogP contribution in [0, 0.1) is 0 Å². The summed E-state index contributed by atoms with van der Waals surface area (Å²) in [6, 6.07) is 8.90. The molecule has 0 saturated carbocycles. The van der Waals surface area contributed by atoms with Crippen LogP contribution in [-0.4, -0.2) is 11.5 Å². The second kappa shape index (κ2) is 6.55. The van der Waals surface area contributed by atoms with Crippen LogP contribution in [-0.2, 0) is 12.8 Å². The standard InChI is InChI=1S/C17H24N2/c1-4-7-14-12-15-11-13(6-3)8-9-16(15)19-17(14)18-10-5-2/h8-9,11-12H,4-7,10H2,1-3H3,(H,18,19). The van der Waals surface area contributed by atoms with Crippen LogP contribution in [0.15, 0.2) is 24.3 Å². The molecule has 0 saturated heterocycles. The number of nitrogens with one attached hydrogen (secondary N) is 1. The summed E-state index contributed by atoms with van der Waals surface area (Å²) >= 11 is 0. The lowest BCUT2D eigenvalue weighted by Crippen LogP contribution is -2.05. The van der Waals surface area contributed by atoms with Gasteiger partial charge in [0, 0.05) is 11.9 Å². The Balaban J connectivity index is 2.45. The number of fused-ring (bicyclic) bond motifs is 1. The van der Waals surface area contributed by atoms with Gasteiger partial charge in [-0.25, -0.2) is 4.98 Å². The first-order valence-electron chi connectivity index (χ1n) is 7.44. The SMILES string of the molecule is CCCNc1nc2ccc(CC)cc2cc1CCC. The van der Waals surface area contributed by atoms with Crippen molar-refractivity contribution in [3.63, 3.8) is 0 Å². The molecule has 2 heteroatoms. The lowest BCUT2D eigenvalue weighted by atomic mass is 10.0. The average Bonchev–Trinajstić information content (AvgIpc) is 2.44. The van der Waals surface area contributed by atoms with Gasteiger partial charge >= 0.3 is 0 Å². The van der Waals surface area contributed by atoms with Gasteiger partial charge in [-0.2, -0.15) is 0 Å². The fourth-order valence-electron chi connectivity index (χ4n) is 2.35. The van der Waals surface area contributed by atoms with Crippen molar-refractivity contribution in [1.29, 1.82) is 0 Å². The Morgan fingerprint density at radius 2 is 1.89 bits per heavy atom. The first-order valence-corrected chi connectivity index (χ1v) is 7.44. The molecule has 1 aromatic carbocycles. The minimum atomic E-state index is 0.988. The van der Waals surface area contributed by atoms with E-state index < -0.39 is 0 Å². The quantitative estimate of drug-likeness (QED) is 0.818. The predicted molar refractivity (Wildman–Crippen MR) is 83.9 cm³/mol. The summed E-state index contributed by atoms with van der Waals surface area (Å²) in [6.07, 6.45) is 4.45. The number of hydrogen-bond donors (Lipinski definition) is 1. The third-order valence-corrected chi connectivity index (χ3v) is 3.43. The topological polar surface area (TPSA) is 24.9 Å². The van der Waals surface area contributed by atoms with Crippen molar-refractivity contribution < 1.29 is 0 Å². The zero-order valence-electron chi connectivity index (χ0n) is 12.3. The van der Waals surface area contributed by atoms with Gasteiger partial charge in [-0.3, -0.25) is 0 Å². The fourth-order valence-corrected chi connectivity index (χ4v) is 2.35. The number of aryl methyl sites for hydroxylation is 2. The van der Waals surface area contributed by atoms with E-state index in [1.54, 1.807) is 0 Å². The monoisotopic (exact) mass is 256 g/mol. The molecule has 0 atom stereocenters. The minimum Gasteiger partial charge on any atom is -0.370 e. The Morgan fingerprint density at radius 3 is 2.58 bits per heavy atom. The van der Waals surface area contributed by atoms with Crippen LogP contribution in [0.25, 0.3) is 10.9 Å². The third-order valence-electron chi connectivity index (χ3n) is 3.43. The van der Waals surface area contributed by atoms with Crippen molar-refractivity contribution in [3.8, 4) is 0 Å². The molecule has 0 bridgehead atoms. The van der Waals surface area contributed by atoms with Crippen LogP contribution < -0.4 is 5.32 Å². The Morgan fingerprint density at radius 1 is 1.05 bits per heavy atom. The third kappa shape index (κ3) is 3.25. The first kappa shape index (κ1) is 13.9. The molecule has 0 aliphatic rings. The fraction of sp³-hybridized carbons (Fsp3) is 0.471. The van der Waals surface area contributed by atoms with Gasteiger partial charge in [-0.15, -0.1) is 0 Å². The lowest BCUT2D eigenvalue weighted by molar-refractivity contribution is 0.906. The molecule has 0 aliphatic heterocycles. The highest BCUT2D eigenvalue weighted by molar-refractivity contribution is 5.82. The Kier molecular flexibility index (Phi) is 4.78. The summed E-state index contributed by atoms with van der Waals surface area (Å²) in [6.45, 7) is 7.58. The number of pyridine rings is 1. The van der Waals surface area contributed by atoms with Crippen LogP contribution in [0.1, 0.15) is 44.7 Å². The second-order valence-corrected chi connectivity index (χ2v) is 5.05. The van der Waals surface area contributed by atoms with Crippen molar-refractivity contribution in [3.05, 3.63) is 35.4 Å². The van der Waals surface area contributed by atoms with Gasteiger partial charge in [0.2, 0.25) is 0 Å². The lowest BCUT2D eigenvalue weighted by Gasteiger charge is -2.12. The maximum atomic E-state index is 4.80. The number of aromatic nitrogens is 1. The van der Waals surface area contributed by atoms with E-state index in [4.69, 9.17) is 4.98 Å². The molecule has 0 aliphatic carbocycles. The molecule has 2 rings (SSSR count). The highest BCUT2D eigenvalue weighted by Crippen LogP contribution is 2.23. The van der Waals surface area contributed by atoms with Crippen molar-refractivity contribution >= 4 is 16.7 Å². The molecule has 1 heterocycles. The highest BCUT2D eigenvalue weighted by atomic mass is 15.0. The van der Waals surface area contributed by atoms with Crippen molar-refractivity contribution in [2.45, 2.75) is 46.5 Å². The normalized spacial score (nSPS) is 10.9. The maximum absolute atomic E-state index is 4.80. The summed E-state index contributed by atoms with van der Waals surface area (Å²) in [5, 5.41) is 4.73. The molecular weight excluding hydrogens is 232 g/mol. The zero-order chi connectivity index (χ0) is 13.7. The van der Waals surface area contributed by atoms with E-state index >= 15 is 0 Å². The summed E-state index contributed by atoms with van der Waals surface area (Å²) < 4.78 is 0. The smallest absolute Gasteiger partial charge is 0.129 e. The molecule has 0 unspecified atom stereocenters. The number of benzene rings is 1. The molecule has 0 radical (unpaired) electrons. The largest absolute Gasteiger partial charge is 0.370 e. The molecule has 2 nitrogen and oxygen atoms in total. The van der Waals surface area contributed by atoms with E-state index in [0.29, 0.717) is 0 Å². The van der Waals surface area contributed by atoms with Gasteiger partial charge in [0.25, 0.3) is 0 Å². The van der Waals surface area contributed by atoms with Crippen LogP contribution in [0.4, 0.5) is 5.82 Å². The van der Waals surface area contributed by atoms with Crippen molar-refractivity contribution in [2.75, 3.05) is 11.9 Å². The molecule has 0 fully saturated rings.